The topological polar surface area (TPSA) is 46.6 Å². The van der Waals surface area contributed by atoms with Gasteiger partial charge in [-0.05, 0) is 45.7 Å². The Morgan fingerprint density at radius 3 is 2.57 bits per heavy atom. The maximum atomic E-state index is 14.2. The largest absolute Gasteiger partial charge is 0.443 e. The zero-order valence-electron chi connectivity index (χ0n) is 12.4. The number of fused-ring (bicyclic) bond motifs is 1. The third-order valence-corrected chi connectivity index (χ3v) is 3.91. The van der Waals surface area contributed by atoms with Gasteiger partial charge in [-0.2, -0.15) is 0 Å². The van der Waals surface area contributed by atoms with E-state index in [4.69, 9.17) is 4.74 Å². The number of nitrogens with zero attached hydrogens (tertiary/aromatic N) is 1. The molecule has 1 aromatic carbocycles. The highest BCUT2D eigenvalue weighted by atomic mass is 19.1. The number of amides is 1. The molecule has 0 atom stereocenters. The first-order valence-corrected chi connectivity index (χ1v) is 7.07. The van der Waals surface area contributed by atoms with Crippen LogP contribution in [0.15, 0.2) is 18.2 Å². The van der Waals surface area contributed by atoms with Gasteiger partial charge in [-0.3, -0.25) is 9.69 Å². The van der Waals surface area contributed by atoms with E-state index in [1.165, 1.54) is 17.0 Å². The van der Waals surface area contributed by atoms with Crippen molar-refractivity contribution in [2.45, 2.75) is 39.2 Å². The zero-order chi connectivity index (χ0) is 15.4. The number of halogens is 1. The van der Waals surface area contributed by atoms with Crippen LogP contribution in [-0.4, -0.2) is 24.0 Å². The molecule has 2 aliphatic rings. The predicted octanol–water partition coefficient (Wildman–Crippen LogP) is 3.54. The molecule has 21 heavy (non-hydrogen) atoms. The Labute approximate surface area is 122 Å². The monoisotopic (exact) mass is 291 g/mol. The van der Waals surface area contributed by atoms with Crippen LogP contribution in [0.25, 0.3) is 0 Å². The standard InChI is InChI=1S/C16H18FNO3/c1-15(2,3)21-14(20)18-9-16(7-8-16)13(19)10-5-4-6-11(17)12(10)18/h4-6H,7-9H2,1-3H3. The number of hydrogen-bond acceptors (Lipinski definition) is 3. The average molecular weight is 291 g/mol. The molecule has 0 saturated heterocycles. The van der Waals surface area contributed by atoms with Crippen molar-refractivity contribution in [3.05, 3.63) is 29.6 Å². The number of ketones is 1. The Bertz CT molecular complexity index is 629. The number of benzene rings is 1. The number of para-hydroxylation sites is 1. The summed E-state index contributed by atoms with van der Waals surface area (Å²) in [6.45, 7) is 5.48. The van der Waals surface area contributed by atoms with Crippen molar-refractivity contribution in [3.63, 3.8) is 0 Å². The lowest BCUT2D eigenvalue weighted by molar-refractivity contribution is 0.0564. The fraction of sp³-hybridized carbons (Fsp3) is 0.500. The van der Waals surface area contributed by atoms with Crippen LogP contribution in [0.4, 0.5) is 14.9 Å². The summed E-state index contributed by atoms with van der Waals surface area (Å²) in [7, 11) is 0. The van der Waals surface area contributed by atoms with E-state index in [0.717, 1.165) is 12.8 Å². The van der Waals surface area contributed by atoms with Crippen LogP contribution < -0.4 is 4.90 Å². The van der Waals surface area contributed by atoms with Gasteiger partial charge in [-0.25, -0.2) is 9.18 Å². The van der Waals surface area contributed by atoms with Gasteiger partial charge >= 0.3 is 6.09 Å². The first-order valence-electron chi connectivity index (χ1n) is 7.07. The molecule has 1 spiro atoms. The van der Waals surface area contributed by atoms with Crippen molar-refractivity contribution in [2.75, 3.05) is 11.4 Å². The number of anilines is 1. The van der Waals surface area contributed by atoms with Crippen molar-refractivity contribution in [2.24, 2.45) is 5.41 Å². The second-order valence-corrected chi connectivity index (χ2v) is 6.81. The number of Topliss-reactive ketones (excluding diaryl/α,β-unsaturated/α-hetero) is 1. The molecule has 1 aliphatic heterocycles. The minimum absolute atomic E-state index is 0.0503. The SMILES string of the molecule is CC(C)(C)OC(=O)N1CC2(CC2)C(=O)c2cccc(F)c21. The number of hydrogen-bond donors (Lipinski definition) is 0. The average Bonchev–Trinajstić information content (AvgIpc) is 3.13. The van der Waals surface area contributed by atoms with Gasteiger partial charge in [0.15, 0.2) is 5.78 Å². The second kappa shape index (κ2) is 4.29. The molecule has 0 radical (unpaired) electrons. The molecular weight excluding hydrogens is 273 g/mol. The third-order valence-electron chi connectivity index (χ3n) is 3.91. The van der Waals surface area contributed by atoms with Gasteiger partial charge in [0.05, 0.1) is 11.1 Å². The summed E-state index contributed by atoms with van der Waals surface area (Å²) < 4.78 is 19.5. The Balaban J connectivity index is 2.04. The fourth-order valence-electron chi connectivity index (χ4n) is 2.72. The van der Waals surface area contributed by atoms with Crippen molar-refractivity contribution in [1.29, 1.82) is 0 Å². The summed E-state index contributed by atoms with van der Waals surface area (Å²) >= 11 is 0. The quantitative estimate of drug-likeness (QED) is 0.734. The Hall–Kier alpha value is -1.91. The zero-order valence-corrected chi connectivity index (χ0v) is 12.4. The van der Waals surface area contributed by atoms with Gasteiger partial charge in [-0.15, -0.1) is 0 Å². The van der Waals surface area contributed by atoms with E-state index < -0.39 is 22.9 Å². The van der Waals surface area contributed by atoms with E-state index >= 15 is 0 Å². The summed E-state index contributed by atoms with van der Waals surface area (Å²) in [5.74, 6) is -0.626. The number of ether oxygens (including phenoxy) is 1. The molecule has 1 heterocycles. The fourth-order valence-corrected chi connectivity index (χ4v) is 2.72. The minimum atomic E-state index is -0.666. The van der Waals surface area contributed by atoms with Gasteiger partial charge in [-0.1, -0.05) is 6.07 Å². The van der Waals surface area contributed by atoms with E-state index in [1.807, 2.05) is 0 Å². The van der Waals surface area contributed by atoms with Crippen LogP contribution in [0, 0.1) is 11.2 Å². The van der Waals surface area contributed by atoms with Gasteiger partial charge < -0.3 is 4.74 Å². The van der Waals surface area contributed by atoms with Gasteiger partial charge in [0.2, 0.25) is 0 Å². The molecule has 1 aliphatic carbocycles. The van der Waals surface area contributed by atoms with Crippen LogP contribution in [0.5, 0.6) is 0 Å². The summed E-state index contributed by atoms with van der Waals surface area (Å²) in [5.41, 5.74) is -0.864. The normalized spacial score (nSPS) is 19.4. The van der Waals surface area contributed by atoms with Crippen molar-refractivity contribution >= 4 is 17.6 Å². The highest BCUT2D eigenvalue weighted by Gasteiger charge is 2.56. The minimum Gasteiger partial charge on any atom is -0.443 e. The second-order valence-electron chi connectivity index (χ2n) is 6.81. The Morgan fingerprint density at radius 1 is 1.33 bits per heavy atom. The summed E-state index contributed by atoms with van der Waals surface area (Å²) in [6.07, 6.45) is 0.870. The molecule has 0 bridgehead atoms. The van der Waals surface area contributed by atoms with E-state index in [9.17, 15) is 14.0 Å². The Morgan fingerprint density at radius 2 is 2.00 bits per heavy atom. The number of carbonyl (C=O) groups is 2. The molecule has 112 valence electrons. The van der Waals surface area contributed by atoms with Crippen LogP contribution in [0.3, 0.4) is 0 Å². The van der Waals surface area contributed by atoms with Gasteiger partial charge in [0.25, 0.3) is 0 Å². The van der Waals surface area contributed by atoms with Crippen LogP contribution in [0.1, 0.15) is 44.0 Å². The molecule has 1 saturated carbocycles. The summed E-state index contributed by atoms with van der Waals surface area (Å²) in [5, 5.41) is 0. The number of carbonyl (C=O) groups excluding carboxylic acids is 2. The first kappa shape index (κ1) is 14.0. The highest BCUT2D eigenvalue weighted by molar-refractivity contribution is 6.12. The van der Waals surface area contributed by atoms with Crippen molar-refractivity contribution < 1.29 is 18.7 Å². The lowest BCUT2D eigenvalue weighted by Gasteiger charge is -2.35. The predicted molar refractivity (Wildman–Crippen MR) is 76.0 cm³/mol. The molecule has 0 aromatic heterocycles. The van der Waals surface area contributed by atoms with Crippen molar-refractivity contribution in [1.82, 2.24) is 0 Å². The third kappa shape index (κ3) is 2.30. The molecule has 1 fully saturated rings. The molecule has 0 unspecified atom stereocenters. The highest BCUT2D eigenvalue weighted by Crippen LogP contribution is 2.53. The summed E-state index contributed by atoms with van der Waals surface area (Å²) in [4.78, 5) is 26.1. The maximum Gasteiger partial charge on any atom is 0.414 e. The molecular formula is C16H18FNO3. The molecule has 4 nitrogen and oxygen atoms in total. The molecule has 3 rings (SSSR count). The van der Waals surface area contributed by atoms with E-state index in [-0.39, 0.29) is 23.6 Å². The van der Waals surface area contributed by atoms with Crippen molar-refractivity contribution in [3.8, 4) is 0 Å². The lowest BCUT2D eigenvalue weighted by Crippen LogP contribution is -2.46. The molecule has 1 aromatic rings. The summed E-state index contributed by atoms with van der Waals surface area (Å²) in [6, 6.07) is 4.34. The molecule has 5 heteroatoms. The van der Waals surface area contributed by atoms with E-state index in [2.05, 4.69) is 0 Å². The molecule has 1 amide bonds. The molecule has 0 N–H and O–H groups in total. The Kier molecular flexibility index (Phi) is 2.87. The van der Waals surface area contributed by atoms with Gasteiger partial charge in [0, 0.05) is 12.1 Å². The lowest BCUT2D eigenvalue weighted by atomic mass is 9.88. The van der Waals surface area contributed by atoms with Gasteiger partial charge in [0.1, 0.15) is 11.4 Å². The van der Waals surface area contributed by atoms with Crippen LogP contribution in [0.2, 0.25) is 0 Å². The van der Waals surface area contributed by atoms with E-state index in [0.29, 0.717) is 0 Å². The maximum absolute atomic E-state index is 14.2. The first-order chi connectivity index (χ1) is 9.73. The van der Waals surface area contributed by atoms with Crippen LogP contribution in [-0.2, 0) is 4.74 Å². The number of rotatable bonds is 0. The smallest absolute Gasteiger partial charge is 0.414 e. The van der Waals surface area contributed by atoms with Crippen LogP contribution >= 0.6 is 0 Å². The van der Waals surface area contributed by atoms with E-state index in [1.54, 1.807) is 26.8 Å².